The number of aldehydes is 2. The Labute approximate surface area is 92.8 Å². The van der Waals surface area contributed by atoms with Gasteiger partial charge in [-0.25, -0.2) is 0 Å². The van der Waals surface area contributed by atoms with Gasteiger partial charge in [0.05, 0.1) is 10.6 Å². The fourth-order valence-corrected chi connectivity index (χ4v) is 1.29. The average Bonchev–Trinajstić information content (AvgIpc) is 2.19. The predicted octanol–water partition coefficient (Wildman–Crippen LogP) is 2.86. The second-order valence-electron chi connectivity index (χ2n) is 2.70. The van der Waals surface area contributed by atoms with E-state index in [0.29, 0.717) is 6.29 Å². The molecule has 16 heavy (non-hydrogen) atoms. The molecule has 0 unspecified atom stereocenters. The molecule has 0 radical (unpaired) electrons. The van der Waals surface area contributed by atoms with E-state index >= 15 is 0 Å². The standard InChI is InChI=1S/C9H4ClF3O3/c10-7-2-5(3-14)1-6(4-15)8(7)16-9(11,12)13/h1-4H. The summed E-state index contributed by atoms with van der Waals surface area (Å²) in [5.74, 6) is -0.810. The first-order valence-electron chi connectivity index (χ1n) is 3.87. The van der Waals surface area contributed by atoms with Crippen molar-refractivity contribution in [3.05, 3.63) is 28.3 Å². The molecule has 0 fully saturated rings. The van der Waals surface area contributed by atoms with E-state index in [-0.39, 0.29) is 11.8 Å². The lowest BCUT2D eigenvalue weighted by atomic mass is 10.1. The molecule has 0 N–H and O–H groups in total. The van der Waals surface area contributed by atoms with Crippen LogP contribution in [0.15, 0.2) is 12.1 Å². The van der Waals surface area contributed by atoms with E-state index in [0.717, 1.165) is 12.1 Å². The van der Waals surface area contributed by atoms with E-state index in [1.807, 2.05) is 0 Å². The molecule has 1 rings (SSSR count). The summed E-state index contributed by atoms with van der Waals surface area (Å²) in [7, 11) is 0. The van der Waals surface area contributed by atoms with Crippen LogP contribution in [0.25, 0.3) is 0 Å². The first kappa shape index (κ1) is 12.5. The minimum absolute atomic E-state index is 0.0124. The highest BCUT2D eigenvalue weighted by atomic mass is 35.5. The highest BCUT2D eigenvalue weighted by Crippen LogP contribution is 2.33. The molecule has 0 saturated heterocycles. The lowest BCUT2D eigenvalue weighted by Gasteiger charge is -2.12. The van der Waals surface area contributed by atoms with Crippen molar-refractivity contribution in [2.75, 3.05) is 0 Å². The van der Waals surface area contributed by atoms with Crippen LogP contribution >= 0.6 is 11.6 Å². The summed E-state index contributed by atoms with van der Waals surface area (Å²) < 4.78 is 39.4. The van der Waals surface area contributed by atoms with Crippen molar-refractivity contribution in [2.45, 2.75) is 6.36 Å². The Kier molecular flexibility index (Phi) is 3.54. The van der Waals surface area contributed by atoms with Gasteiger partial charge in [0, 0.05) is 5.56 Å². The summed E-state index contributed by atoms with van der Waals surface area (Å²) >= 11 is 5.46. The SMILES string of the molecule is O=Cc1cc(Cl)c(OC(F)(F)F)c(C=O)c1. The molecular weight excluding hydrogens is 249 g/mol. The van der Waals surface area contributed by atoms with Crippen LogP contribution < -0.4 is 4.74 Å². The molecule has 86 valence electrons. The fourth-order valence-electron chi connectivity index (χ4n) is 1.02. The number of hydrogen-bond donors (Lipinski definition) is 0. The van der Waals surface area contributed by atoms with Gasteiger partial charge in [0.1, 0.15) is 6.29 Å². The van der Waals surface area contributed by atoms with E-state index in [1.54, 1.807) is 0 Å². The maximum atomic E-state index is 12.0. The Bertz CT molecular complexity index is 429. The Morgan fingerprint density at radius 1 is 1.19 bits per heavy atom. The third kappa shape index (κ3) is 2.96. The van der Waals surface area contributed by atoms with Gasteiger partial charge in [-0.3, -0.25) is 9.59 Å². The van der Waals surface area contributed by atoms with Gasteiger partial charge in [-0.2, -0.15) is 0 Å². The van der Waals surface area contributed by atoms with Crippen LogP contribution in [0.1, 0.15) is 20.7 Å². The quantitative estimate of drug-likeness (QED) is 0.777. The third-order valence-corrected chi connectivity index (χ3v) is 1.86. The smallest absolute Gasteiger partial charge is 0.403 e. The summed E-state index contributed by atoms with van der Waals surface area (Å²) in [6, 6.07) is 1.93. The van der Waals surface area contributed by atoms with E-state index in [9.17, 15) is 22.8 Å². The normalized spacial score (nSPS) is 11.0. The molecule has 0 amide bonds. The summed E-state index contributed by atoms with van der Waals surface area (Å²) in [4.78, 5) is 20.9. The maximum absolute atomic E-state index is 12.0. The minimum Gasteiger partial charge on any atom is -0.403 e. The summed E-state index contributed by atoms with van der Waals surface area (Å²) in [6.07, 6.45) is -4.47. The number of halogens is 4. The number of benzene rings is 1. The van der Waals surface area contributed by atoms with Crippen LogP contribution in [0, 0.1) is 0 Å². The largest absolute Gasteiger partial charge is 0.573 e. The van der Waals surface area contributed by atoms with Crippen molar-refractivity contribution in [1.82, 2.24) is 0 Å². The van der Waals surface area contributed by atoms with Crippen LogP contribution in [0.3, 0.4) is 0 Å². The van der Waals surface area contributed by atoms with E-state index in [4.69, 9.17) is 11.6 Å². The maximum Gasteiger partial charge on any atom is 0.573 e. The predicted molar refractivity (Wildman–Crippen MR) is 48.9 cm³/mol. The molecule has 1 aromatic carbocycles. The minimum atomic E-state index is -4.95. The zero-order valence-corrected chi connectivity index (χ0v) is 8.30. The first-order chi connectivity index (χ1) is 7.37. The Morgan fingerprint density at radius 3 is 2.25 bits per heavy atom. The Hall–Kier alpha value is -1.56. The molecule has 0 aromatic heterocycles. The van der Waals surface area contributed by atoms with Gasteiger partial charge in [-0.05, 0) is 12.1 Å². The number of alkyl halides is 3. The topological polar surface area (TPSA) is 43.4 Å². The zero-order chi connectivity index (χ0) is 12.3. The molecule has 0 atom stereocenters. The highest BCUT2D eigenvalue weighted by molar-refractivity contribution is 6.32. The molecule has 1 aromatic rings. The molecule has 0 saturated carbocycles. The molecule has 0 heterocycles. The summed E-state index contributed by atoms with van der Waals surface area (Å²) in [5, 5.41) is -0.455. The molecule has 0 aliphatic rings. The lowest BCUT2D eigenvalue weighted by Crippen LogP contribution is -2.18. The number of ether oxygens (including phenoxy) is 1. The number of carbonyl (C=O) groups is 2. The van der Waals surface area contributed by atoms with Crippen LogP contribution in [0.2, 0.25) is 5.02 Å². The van der Waals surface area contributed by atoms with Gasteiger partial charge in [-0.1, -0.05) is 11.6 Å². The van der Waals surface area contributed by atoms with Crippen molar-refractivity contribution in [3.63, 3.8) is 0 Å². The van der Waals surface area contributed by atoms with E-state index in [1.165, 1.54) is 0 Å². The fraction of sp³-hybridized carbons (Fsp3) is 0.111. The Balaban J connectivity index is 3.27. The van der Waals surface area contributed by atoms with Crippen molar-refractivity contribution >= 4 is 24.2 Å². The molecule has 7 heteroatoms. The van der Waals surface area contributed by atoms with Crippen molar-refractivity contribution in [1.29, 1.82) is 0 Å². The second-order valence-corrected chi connectivity index (χ2v) is 3.11. The molecule has 0 bridgehead atoms. The van der Waals surface area contributed by atoms with Gasteiger partial charge in [0.2, 0.25) is 0 Å². The lowest BCUT2D eigenvalue weighted by molar-refractivity contribution is -0.274. The molecular formula is C9H4ClF3O3. The van der Waals surface area contributed by atoms with E-state index < -0.39 is 22.7 Å². The van der Waals surface area contributed by atoms with Crippen molar-refractivity contribution in [3.8, 4) is 5.75 Å². The van der Waals surface area contributed by atoms with Crippen molar-refractivity contribution in [2.24, 2.45) is 0 Å². The van der Waals surface area contributed by atoms with Crippen LogP contribution in [0.5, 0.6) is 5.75 Å². The Morgan fingerprint density at radius 2 is 1.81 bits per heavy atom. The van der Waals surface area contributed by atoms with Gasteiger partial charge < -0.3 is 4.74 Å². The number of hydrogen-bond acceptors (Lipinski definition) is 3. The first-order valence-corrected chi connectivity index (χ1v) is 4.25. The van der Waals surface area contributed by atoms with Gasteiger partial charge >= 0.3 is 6.36 Å². The third-order valence-electron chi connectivity index (χ3n) is 1.58. The number of carbonyl (C=O) groups excluding carboxylic acids is 2. The molecule has 0 aliphatic carbocycles. The number of rotatable bonds is 3. The zero-order valence-electron chi connectivity index (χ0n) is 7.55. The van der Waals surface area contributed by atoms with Crippen LogP contribution in [0.4, 0.5) is 13.2 Å². The molecule has 0 spiro atoms. The van der Waals surface area contributed by atoms with Gasteiger partial charge in [0.25, 0.3) is 0 Å². The second kappa shape index (κ2) is 4.52. The molecule has 0 aliphatic heterocycles. The van der Waals surface area contributed by atoms with E-state index in [2.05, 4.69) is 4.74 Å². The van der Waals surface area contributed by atoms with Crippen molar-refractivity contribution < 1.29 is 27.5 Å². The van der Waals surface area contributed by atoms with Gasteiger partial charge in [-0.15, -0.1) is 13.2 Å². The van der Waals surface area contributed by atoms with Crippen LogP contribution in [-0.4, -0.2) is 18.9 Å². The molecule has 3 nitrogen and oxygen atoms in total. The summed E-state index contributed by atoms with van der Waals surface area (Å²) in [5.41, 5.74) is -0.450. The van der Waals surface area contributed by atoms with Crippen LogP contribution in [-0.2, 0) is 0 Å². The van der Waals surface area contributed by atoms with Gasteiger partial charge in [0.15, 0.2) is 12.0 Å². The summed E-state index contributed by atoms with van der Waals surface area (Å²) in [6.45, 7) is 0. The average molecular weight is 253 g/mol. The highest BCUT2D eigenvalue weighted by Gasteiger charge is 2.33. The monoisotopic (exact) mass is 252 g/mol.